The number of ether oxygens (including phenoxy) is 2. The summed E-state index contributed by atoms with van der Waals surface area (Å²) in [6.07, 6.45) is -1.12. The molecule has 0 radical (unpaired) electrons. The number of benzene rings is 2. The maximum Gasteiger partial charge on any atom is 0.407 e. The number of rotatable bonds is 13. The lowest BCUT2D eigenvalue weighted by Gasteiger charge is -2.44. The van der Waals surface area contributed by atoms with E-state index in [1.54, 1.807) is 0 Å². The molecule has 222 valence electrons. The zero-order valence-corrected chi connectivity index (χ0v) is 23.3. The van der Waals surface area contributed by atoms with Gasteiger partial charge in [0.1, 0.15) is 18.9 Å². The molecule has 2 aromatic rings. The van der Waals surface area contributed by atoms with Crippen LogP contribution in [0.5, 0.6) is 0 Å². The zero-order valence-electron chi connectivity index (χ0n) is 22.5. The summed E-state index contributed by atoms with van der Waals surface area (Å²) in [5.41, 5.74) is 1.83. The first-order valence-electron chi connectivity index (χ1n) is 12.9. The van der Waals surface area contributed by atoms with Gasteiger partial charge in [-0.2, -0.15) is 11.8 Å². The molecule has 14 nitrogen and oxygen atoms in total. The van der Waals surface area contributed by atoms with Crippen molar-refractivity contribution >= 4 is 41.1 Å². The van der Waals surface area contributed by atoms with Crippen LogP contribution in [0.4, 0.5) is 16.2 Å². The van der Waals surface area contributed by atoms with E-state index in [4.69, 9.17) is 9.47 Å². The van der Waals surface area contributed by atoms with Gasteiger partial charge in [-0.15, -0.1) is 0 Å². The van der Waals surface area contributed by atoms with Crippen molar-refractivity contribution in [2.75, 3.05) is 18.1 Å². The number of nitro groups is 2. The number of alkyl carbamates (subject to hydrolysis) is 1. The number of β-lactam (4-membered cyclic amide) rings is 1. The average Bonchev–Trinajstić information content (AvgIpc) is 3.28. The third-order valence-electron chi connectivity index (χ3n) is 6.84. The molecular formula is C27H28N4O10S. The van der Waals surface area contributed by atoms with Gasteiger partial charge in [0.15, 0.2) is 0 Å². The second-order valence-corrected chi connectivity index (χ2v) is 10.8. The number of amides is 2. The first kappa shape index (κ1) is 30.5. The van der Waals surface area contributed by atoms with E-state index in [9.17, 15) is 39.7 Å². The molecule has 0 saturated carbocycles. The zero-order chi connectivity index (χ0) is 30.4. The minimum atomic E-state index is -0.871. The van der Waals surface area contributed by atoms with E-state index < -0.39 is 33.9 Å². The first-order valence-corrected chi connectivity index (χ1v) is 14.1. The molecule has 2 aliphatic heterocycles. The minimum absolute atomic E-state index is 0.0507. The number of aliphatic hydroxyl groups excluding tert-OH is 1. The molecule has 2 aromatic carbocycles. The Hall–Kier alpha value is -4.50. The summed E-state index contributed by atoms with van der Waals surface area (Å²) >= 11 is 1.43. The largest absolute Gasteiger partial charge is 0.456 e. The van der Waals surface area contributed by atoms with E-state index >= 15 is 0 Å². The van der Waals surface area contributed by atoms with E-state index in [2.05, 4.69) is 5.32 Å². The lowest BCUT2D eigenvalue weighted by Crippen LogP contribution is -2.61. The number of fused-ring (bicyclic) bond motifs is 1. The molecule has 0 bridgehead atoms. The van der Waals surface area contributed by atoms with E-state index in [0.29, 0.717) is 34.6 Å². The molecule has 2 N–H and O–H groups in total. The maximum absolute atomic E-state index is 13.1. The Morgan fingerprint density at radius 1 is 1.02 bits per heavy atom. The van der Waals surface area contributed by atoms with Crippen LogP contribution in [0, 0.1) is 26.1 Å². The van der Waals surface area contributed by atoms with Gasteiger partial charge < -0.3 is 24.8 Å². The molecule has 1 saturated heterocycles. The molecule has 42 heavy (non-hydrogen) atoms. The minimum Gasteiger partial charge on any atom is -0.456 e. The Bertz CT molecular complexity index is 1390. The number of non-ortho nitro benzene ring substituents is 2. The van der Waals surface area contributed by atoms with Crippen LogP contribution in [-0.4, -0.2) is 68.0 Å². The second-order valence-electron chi connectivity index (χ2n) is 9.68. The van der Waals surface area contributed by atoms with Crippen LogP contribution in [0.2, 0.25) is 0 Å². The number of carbonyl (C=O) groups excluding carboxylic acids is 3. The normalized spacial score (nSPS) is 18.1. The van der Waals surface area contributed by atoms with Crippen molar-refractivity contribution < 1.29 is 38.8 Å². The Morgan fingerprint density at radius 2 is 1.57 bits per heavy atom. The van der Waals surface area contributed by atoms with Gasteiger partial charge in [0.2, 0.25) is 5.91 Å². The van der Waals surface area contributed by atoms with Gasteiger partial charge >= 0.3 is 12.1 Å². The van der Waals surface area contributed by atoms with Crippen molar-refractivity contribution in [3.8, 4) is 0 Å². The molecular weight excluding hydrogens is 572 g/mol. The standard InChI is InChI=1S/C27H28N4O10S/c1-16(32)23-22-12-19(15-42-11-10-28-27(35)41-14-18-4-8-21(9-5-18)31(38)39)24(29(22)25(23)33)26(34)40-13-17-2-6-20(7-3-17)30(36)37/h2-9,16,22-23,32H,10-15H2,1H3,(H,28,35)/t16-,22-,23-/m1/s1. The number of nitro benzene ring substituents is 2. The molecule has 0 aliphatic carbocycles. The third kappa shape index (κ3) is 7.03. The van der Waals surface area contributed by atoms with Crippen LogP contribution < -0.4 is 5.32 Å². The van der Waals surface area contributed by atoms with Crippen LogP contribution in [0.15, 0.2) is 59.8 Å². The van der Waals surface area contributed by atoms with Crippen molar-refractivity contribution in [1.82, 2.24) is 10.2 Å². The van der Waals surface area contributed by atoms with E-state index in [0.717, 1.165) is 0 Å². The Balaban J connectivity index is 1.28. The smallest absolute Gasteiger partial charge is 0.407 e. The van der Waals surface area contributed by atoms with Gasteiger partial charge in [-0.25, -0.2) is 9.59 Å². The molecule has 0 unspecified atom stereocenters. The van der Waals surface area contributed by atoms with E-state index in [1.165, 1.54) is 72.1 Å². The number of hydrogen-bond acceptors (Lipinski definition) is 11. The number of nitrogens with zero attached hydrogens (tertiary/aromatic N) is 3. The topological polar surface area (TPSA) is 191 Å². The number of esters is 1. The second kappa shape index (κ2) is 13.4. The number of carbonyl (C=O) groups is 3. The highest BCUT2D eigenvalue weighted by molar-refractivity contribution is 7.99. The fraction of sp³-hybridized carbons (Fsp3) is 0.370. The van der Waals surface area contributed by atoms with Crippen molar-refractivity contribution in [3.63, 3.8) is 0 Å². The molecule has 0 spiro atoms. The third-order valence-corrected chi connectivity index (χ3v) is 7.88. The summed E-state index contributed by atoms with van der Waals surface area (Å²) in [7, 11) is 0. The van der Waals surface area contributed by atoms with Crippen LogP contribution in [-0.2, 0) is 32.3 Å². The number of nitrogens with one attached hydrogen (secondary N) is 1. The maximum atomic E-state index is 13.1. The van der Waals surface area contributed by atoms with Crippen molar-refractivity contribution in [2.24, 2.45) is 5.92 Å². The summed E-state index contributed by atoms with van der Waals surface area (Å²) in [5.74, 6) is -0.808. The molecule has 1 fully saturated rings. The number of hydrogen-bond donors (Lipinski definition) is 2. The molecule has 15 heteroatoms. The van der Waals surface area contributed by atoms with Crippen LogP contribution >= 0.6 is 11.8 Å². The van der Waals surface area contributed by atoms with Crippen LogP contribution in [0.3, 0.4) is 0 Å². The highest BCUT2D eigenvalue weighted by Crippen LogP contribution is 2.44. The quantitative estimate of drug-likeness (QED) is 0.113. The predicted molar refractivity (Wildman–Crippen MR) is 149 cm³/mol. The Kier molecular flexibility index (Phi) is 9.75. The SMILES string of the molecule is C[C@@H](O)[C@H]1C(=O)N2C(C(=O)OCc3ccc([N+](=O)[O-])cc3)=C(CSCCNC(=O)OCc3ccc([N+](=O)[O-])cc3)C[C@H]12. The first-order chi connectivity index (χ1) is 20.1. The van der Waals surface area contributed by atoms with Gasteiger partial charge in [0.25, 0.3) is 11.4 Å². The predicted octanol–water partition coefficient (Wildman–Crippen LogP) is 3.07. The van der Waals surface area contributed by atoms with E-state index in [-0.39, 0.29) is 48.8 Å². The summed E-state index contributed by atoms with van der Waals surface area (Å²) in [4.78, 5) is 59.7. The van der Waals surface area contributed by atoms with Gasteiger partial charge in [-0.1, -0.05) is 0 Å². The number of thioether (sulfide) groups is 1. The molecule has 4 rings (SSSR count). The van der Waals surface area contributed by atoms with Crippen LogP contribution in [0.1, 0.15) is 24.5 Å². The highest BCUT2D eigenvalue weighted by atomic mass is 32.2. The summed E-state index contributed by atoms with van der Waals surface area (Å²) < 4.78 is 10.6. The number of aliphatic hydroxyl groups is 1. The van der Waals surface area contributed by atoms with E-state index in [1.807, 2.05) is 0 Å². The highest BCUT2D eigenvalue weighted by Gasteiger charge is 2.56. The molecule has 2 amide bonds. The van der Waals surface area contributed by atoms with Gasteiger partial charge in [0.05, 0.1) is 27.9 Å². The van der Waals surface area contributed by atoms with Crippen molar-refractivity contribution in [2.45, 2.75) is 38.7 Å². The average molecular weight is 601 g/mol. The van der Waals surface area contributed by atoms with Gasteiger partial charge in [-0.3, -0.25) is 25.0 Å². The monoisotopic (exact) mass is 600 g/mol. The Morgan fingerprint density at radius 3 is 2.10 bits per heavy atom. The summed E-state index contributed by atoms with van der Waals surface area (Å²) in [5, 5.41) is 34.2. The fourth-order valence-corrected chi connectivity index (χ4v) is 5.64. The summed E-state index contributed by atoms with van der Waals surface area (Å²) in [6.45, 7) is 1.61. The molecule has 0 aromatic heterocycles. The van der Waals surface area contributed by atoms with Gasteiger partial charge in [0, 0.05) is 42.3 Å². The van der Waals surface area contributed by atoms with Crippen LogP contribution in [0.25, 0.3) is 0 Å². The fourth-order valence-electron chi connectivity index (χ4n) is 4.74. The molecule has 3 atom stereocenters. The summed E-state index contributed by atoms with van der Waals surface area (Å²) in [6, 6.07) is 10.9. The van der Waals surface area contributed by atoms with Crippen molar-refractivity contribution in [1.29, 1.82) is 0 Å². The van der Waals surface area contributed by atoms with Crippen molar-refractivity contribution in [3.05, 3.63) is 91.2 Å². The van der Waals surface area contributed by atoms with Gasteiger partial charge in [-0.05, 0) is 54.3 Å². The Labute approximate surface area is 244 Å². The molecule has 2 heterocycles. The lowest BCUT2D eigenvalue weighted by molar-refractivity contribution is -0.385. The lowest BCUT2D eigenvalue weighted by atomic mass is 9.83. The molecule has 2 aliphatic rings.